The van der Waals surface area contributed by atoms with Gasteiger partial charge in [-0.25, -0.2) is 39.9 Å². The van der Waals surface area contributed by atoms with Gasteiger partial charge in [0.2, 0.25) is 0 Å². The first-order chi connectivity index (χ1) is 58.4. The van der Waals surface area contributed by atoms with E-state index in [1.54, 1.807) is 0 Å². The van der Waals surface area contributed by atoms with E-state index in [-0.39, 0.29) is 0 Å². The molecule has 0 N–H and O–H groups in total. The number of rotatable bonds is 12. The molecule has 6 aromatic heterocycles. The fourth-order valence-corrected chi connectivity index (χ4v) is 19.0. The van der Waals surface area contributed by atoms with Gasteiger partial charge in [-0.15, -0.1) is 22.7 Å². The van der Waals surface area contributed by atoms with E-state index < -0.39 is 0 Å². The summed E-state index contributed by atoms with van der Waals surface area (Å²) in [5.41, 5.74) is 21.0. The molecular formula is C108H66N8S2. The molecule has 0 unspecified atom stereocenters. The Bertz CT molecular complexity index is 7710. The Labute approximate surface area is 687 Å². The van der Waals surface area contributed by atoms with Crippen molar-refractivity contribution < 1.29 is 0 Å². The molecule has 23 aromatic rings. The van der Waals surface area contributed by atoms with Gasteiger partial charge in [0.25, 0.3) is 0 Å². The van der Waals surface area contributed by atoms with E-state index in [4.69, 9.17) is 39.9 Å². The van der Waals surface area contributed by atoms with Gasteiger partial charge in [0.05, 0.1) is 31.8 Å². The second-order valence-electron chi connectivity index (χ2n) is 29.6. The summed E-state index contributed by atoms with van der Waals surface area (Å²) in [6.07, 6.45) is 0. The highest BCUT2D eigenvalue weighted by atomic mass is 32.1. The zero-order chi connectivity index (χ0) is 78.0. The lowest BCUT2D eigenvalue weighted by Gasteiger charge is -2.13. The number of pyridine rings is 2. The Kier molecular flexibility index (Phi) is 17.5. The molecule has 0 aliphatic heterocycles. The molecule has 0 amide bonds. The SMILES string of the molecule is c1ccc(-c2ccc(-c3nc(-c4ccccc4)nc(-c4ccc(-c5ccc(-c6nc7cc(-c8ccccc8)ccc7c7c6sc6ccccc67)cc5)cc4)n3)cc2)cc1.c1ccc(-c2nc(-c3ccccc3)nc(-c3ccc(-c4nc5ccc(-c6ccc7c8ccccc8c8ccccc8c7c6)cc5c5c4sc4ccccc45)cc3)n2)cc1. The highest BCUT2D eigenvalue weighted by Gasteiger charge is 2.22. The van der Waals surface area contributed by atoms with Gasteiger partial charge in [-0.05, 0) is 113 Å². The van der Waals surface area contributed by atoms with E-state index in [0.717, 1.165) is 94.6 Å². The van der Waals surface area contributed by atoms with Gasteiger partial charge >= 0.3 is 0 Å². The van der Waals surface area contributed by atoms with Crippen LogP contribution in [0.3, 0.4) is 0 Å². The van der Waals surface area contributed by atoms with E-state index in [9.17, 15) is 0 Å². The first kappa shape index (κ1) is 69.5. The summed E-state index contributed by atoms with van der Waals surface area (Å²) in [7, 11) is 0. The molecule has 23 rings (SSSR count). The van der Waals surface area contributed by atoms with Crippen LogP contribution in [0.25, 0.3) is 230 Å². The predicted octanol–water partition coefficient (Wildman–Crippen LogP) is 29.0. The van der Waals surface area contributed by atoms with Crippen molar-refractivity contribution in [2.24, 2.45) is 0 Å². The maximum absolute atomic E-state index is 5.41. The van der Waals surface area contributed by atoms with E-state index in [1.165, 1.54) is 100 Å². The Morgan fingerprint density at radius 2 is 0.390 bits per heavy atom. The highest BCUT2D eigenvalue weighted by molar-refractivity contribution is 7.27. The normalized spacial score (nSPS) is 11.6. The van der Waals surface area contributed by atoms with E-state index in [1.807, 2.05) is 120 Å². The fraction of sp³-hybridized carbons (Fsp3) is 0. The first-order valence-electron chi connectivity index (χ1n) is 39.5. The van der Waals surface area contributed by atoms with E-state index in [2.05, 4.69) is 303 Å². The van der Waals surface area contributed by atoms with Crippen LogP contribution in [-0.2, 0) is 0 Å². The van der Waals surface area contributed by atoms with Crippen molar-refractivity contribution in [3.8, 4) is 135 Å². The molecule has 0 aliphatic carbocycles. The number of aromatic nitrogens is 8. The minimum absolute atomic E-state index is 0.630. The number of hydrogen-bond acceptors (Lipinski definition) is 10. The fourth-order valence-electron chi connectivity index (χ4n) is 16.6. The van der Waals surface area contributed by atoms with Crippen molar-refractivity contribution >= 4 is 117 Å². The molecule has 0 fully saturated rings. The van der Waals surface area contributed by atoms with Gasteiger partial charge < -0.3 is 0 Å². The lowest BCUT2D eigenvalue weighted by atomic mass is 9.91. The van der Waals surface area contributed by atoms with Crippen LogP contribution in [-0.4, -0.2) is 39.9 Å². The lowest BCUT2D eigenvalue weighted by Crippen LogP contribution is -2.00. The largest absolute Gasteiger partial charge is 0.246 e. The van der Waals surface area contributed by atoms with Crippen LogP contribution in [0, 0.1) is 0 Å². The molecule has 6 heterocycles. The van der Waals surface area contributed by atoms with Gasteiger partial charge in [-0.1, -0.05) is 364 Å². The molecule has 10 heteroatoms. The van der Waals surface area contributed by atoms with Gasteiger partial charge in [0, 0.05) is 86.2 Å². The first-order valence-corrected chi connectivity index (χ1v) is 41.1. The molecule has 0 saturated carbocycles. The van der Waals surface area contributed by atoms with Gasteiger partial charge in [0.1, 0.15) is 0 Å². The van der Waals surface area contributed by atoms with Crippen LogP contribution in [0.1, 0.15) is 0 Å². The minimum atomic E-state index is 0.630. The maximum Gasteiger partial charge on any atom is 0.164 e. The van der Waals surface area contributed by atoms with Crippen molar-refractivity contribution in [2.45, 2.75) is 0 Å². The molecule has 0 aliphatic rings. The molecule has 0 radical (unpaired) electrons. The molecule has 550 valence electrons. The Morgan fingerprint density at radius 3 is 0.788 bits per heavy atom. The van der Waals surface area contributed by atoms with Crippen molar-refractivity contribution in [2.75, 3.05) is 0 Å². The third-order valence-corrected chi connectivity index (χ3v) is 24.8. The number of benzene rings is 17. The molecular weight excluding hydrogens is 1470 g/mol. The second kappa shape index (κ2) is 29.6. The molecule has 0 atom stereocenters. The minimum Gasteiger partial charge on any atom is -0.246 e. The molecule has 17 aromatic carbocycles. The summed E-state index contributed by atoms with van der Waals surface area (Å²) < 4.78 is 4.90. The average Bonchev–Trinajstić information content (AvgIpc) is 1.40. The topological polar surface area (TPSA) is 103 Å². The lowest BCUT2D eigenvalue weighted by molar-refractivity contribution is 1.07. The third kappa shape index (κ3) is 12.8. The van der Waals surface area contributed by atoms with Gasteiger partial charge in [-0.2, -0.15) is 0 Å². The molecule has 0 spiro atoms. The Balaban J connectivity index is 0.000000142. The van der Waals surface area contributed by atoms with Crippen molar-refractivity contribution in [1.82, 2.24) is 39.9 Å². The Morgan fingerprint density at radius 1 is 0.144 bits per heavy atom. The summed E-state index contributed by atoms with van der Waals surface area (Å²) in [6.45, 7) is 0. The van der Waals surface area contributed by atoms with Gasteiger partial charge in [0.15, 0.2) is 34.9 Å². The number of hydrogen-bond donors (Lipinski definition) is 0. The summed E-state index contributed by atoms with van der Waals surface area (Å²) in [6, 6.07) is 141. The van der Waals surface area contributed by atoms with E-state index >= 15 is 0 Å². The van der Waals surface area contributed by atoms with Crippen LogP contribution in [0.15, 0.2) is 400 Å². The smallest absolute Gasteiger partial charge is 0.164 e. The Hall–Kier alpha value is -15.2. The maximum atomic E-state index is 5.41. The van der Waals surface area contributed by atoms with Gasteiger partial charge in [-0.3, -0.25) is 0 Å². The van der Waals surface area contributed by atoms with Crippen LogP contribution >= 0.6 is 22.7 Å². The summed E-state index contributed by atoms with van der Waals surface area (Å²) in [5, 5.41) is 15.0. The molecule has 0 bridgehead atoms. The second-order valence-corrected chi connectivity index (χ2v) is 31.7. The zero-order valence-electron chi connectivity index (χ0n) is 63.5. The molecule has 8 nitrogen and oxygen atoms in total. The standard InChI is InChI=1S/C54H32N4S.C54H34N4S/c1-3-13-34(14-4-1)52-56-53(35-15-5-2-6-16-35)58-54(57-52)36-25-23-33(24-26-36)50-51-49(44-21-11-12-22-48(44)59-51)46-32-38(28-30-47(46)55-50)37-27-29-43-41-19-8-7-17-39(41)40-18-9-10-20-42(40)45(43)31-37;1-4-12-35(13-5-1)37-22-28-42(29-23-37)53-56-52(41-16-8-3-9-17-41)57-54(58-53)43-30-24-39(25-31-43)38-20-26-40(27-21-38)50-51-49(46-18-10-11-19-48(46)59-51)45-33-32-44(34-47(45)55-50)36-14-6-2-7-15-36/h1-32H;1-34H. The third-order valence-electron chi connectivity index (χ3n) is 22.5. The number of fused-ring (bicyclic) bond motifs is 16. The molecule has 0 saturated heterocycles. The van der Waals surface area contributed by atoms with Crippen molar-refractivity contribution in [3.05, 3.63) is 400 Å². The zero-order valence-corrected chi connectivity index (χ0v) is 65.1. The predicted molar refractivity (Wildman–Crippen MR) is 494 cm³/mol. The van der Waals surface area contributed by atoms with Crippen LogP contribution < -0.4 is 0 Å². The summed E-state index contributed by atoms with van der Waals surface area (Å²) in [5.74, 6) is 3.83. The van der Waals surface area contributed by atoms with Crippen molar-refractivity contribution in [1.29, 1.82) is 0 Å². The van der Waals surface area contributed by atoms with Crippen LogP contribution in [0.4, 0.5) is 0 Å². The number of nitrogens with zero attached hydrogens (tertiary/aromatic N) is 8. The molecule has 118 heavy (non-hydrogen) atoms. The highest BCUT2D eigenvalue weighted by Crippen LogP contribution is 2.47. The van der Waals surface area contributed by atoms with Crippen molar-refractivity contribution in [3.63, 3.8) is 0 Å². The van der Waals surface area contributed by atoms with Crippen LogP contribution in [0.2, 0.25) is 0 Å². The van der Waals surface area contributed by atoms with E-state index in [0.29, 0.717) is 34.9 Å². The monoisotopic (exact) mass is 1540 g/mol. The average molecular weight is 1540 g/mol. The summed E-state index contributed by atoms with van der Waals surface area (Å²) >= 11 is 3.63. The number of thiophene rings is 2. The quantitative estimate of drug-likeness (QED) is 0.111. The van der Waals surface area contributed by atoms with Crippen LogP contribution in [0.5, 0.6) is 0 Å². The summed E-state index contributed by atoms with van der Waals surface area (Å²) in [4.78, 5) is 40.5.